The van der Waals surface area contributed by atoms with E-state index in [1.807, 2.05) is 17.8 Å². The van der Waals surface area contributed by atoms with E-state index in [9.17, 15) is 0 Å². The SMILES string of the molecule is CCOc1c(C)cc2c(cnn2C2CCCCO2)c1Br. The molecule has 1 unspecified atom stereocenters. The fourth-order valence-corrected chi connectivity index (χ4v) is 3.45. The number of hydrogen-bond donors (Lipinski definition) is 0. The van der Waals surface area contributed by atoms with Gasteiger partial charge in [0.15, 0.2) is 6.23 Å². The largest absolute Gasteiger partial charge is 0.492 e. The van der Waals surface area contributed by atoms with Crippen molar-refractivity contribution in [1.29, 1.82) is 0 Å². The lowest BCUT2D eigenvalue weighted by molar-refractivity contribution is -0.0366. The maximum Gasteiger partial charge on any atom is 0.150 e. The lowest BCUT2D eigenvalue weighted by Gasteiger charge is -2.23. The van der Waals surface area contributed by atoms with Crippen molar-refractivity contribution in [2.45, 2.75) is 39.3 Å². The van der Waals surface area contributed by atoms with Crippen molar-refractivity contribution < 1.29 is 9.47 Å². The van der Waals surface area contributed by atoms with Gasteiger partial charge in [0.2, 0.25) is 0 Å². The van der Waals surface area contributed by atoms with E-state index in [1.54, 1.807) is 0 Å². The molecule has 0 bridgehead atoms. The van der Waals surface area contributed by atoms with Crippen LogP contribution in [0.25, 0.3) is 10.9 Å². The van der Waals surface area contributed by atoms with E-state index in [0.717, 1.165) is 46.1 Å². The van der Waals surface area contributed by atoms with Crippen LogP contribution in [0.4, 0.5) is 0 Å². The van der Waals surface area contributed by atoms with Crippen molar-refractivity contribution in [2.75, 3.05) is 13.2 Å². The third kappa shape index (κ3) is 2.33. The molecular weight excluding hydrogens is 320 g/mol. The fourth-order valence-electron chi connectivity index (χ4n) is 2.72. The maximum atomic E-state index is 5.84. The van der Waals surface area contributed by atoms with E-state index in [0.29, 0.717) is 6.61 Å². The topological polar surface area (TPSA) is 36.3 Å². The predicted octanol–water partition coefficient (Wildman–Crippen LogP) is 4.21. The van der Waals surface area contributed by atoms with E-state index >= 15 is 0 Å². The van der Waals surface area contributed by atoms with Crippen LogP contribution in [-0.4, -0.2) is 23.0 Å². The Morgan fingerprint density at radius 2 is 2.35 bits per heavy atom. The second-order valence-electron chi connectivity index (χ2n) is 5.11. The first-order chi connectivity index (χ1) is 9.72. The van der Waals surface area contributed by atoms with Crippen molar-refractivity contribution in [3.05, 3.63) is 22.3 Å². The molecule has 1 atom stereocenters. The summed E-state index contributed by atoms with van der Waals surface area (Å²) < 4.78 is 14.5. The molecule has 2 aromatic rings. The molecule has 1 aromatic carbocycles. The van der Waals surface area contributed by atoms with Crippen LogP contribution in [-0.2, 0) is 4.74 Å². The van der Waals surface area contributed by atoms with Crippen molar-refractivity contribution in [3.63, 3.8) is 0 Å². The maximum absolute atomic E-state index is 5.84. The highest BCUT2D eigenvalue weighted by molar-refractivity contribution is 9.10. The third-order valence-corrected chi connectivity index (χ3v) is 4.49. The van der Waals surface area contributed by atoms with Crippen molar-refractivity contribution in [2.24, 2.45) is 0 Å². The van der Waals surface area contributed by atoms with Gasteiger partial charge < -0.3 is 9.47 Å². The van der Waals surface area contributed by atoms with Crippen LogP contribution in [0, 0.1) is 6.92 Å². The van der Waals surface area contributed by atoms with E-state index in [1.165, 1.54) is 6.42 Å². The highest BCUT2D eigenvalue weighted by Crippen LogP contribution is 2.38. The Kier molecular flexibility index (Phi) is 3.98. The molecule has 0 aliphatic carbocycles. The molecule has 0 radical (unpaired) electrons. The Morgan fingerprint density at radius 3 is 3.05 bits per heavy atom. The molecule has 0 saturated carbocycles. The Balaban J connectivity index is 2.08. The summed E-state index contributed by atoms with van der Waals surface area (Å²) in [6.45, 7) is 5.54. The average Bonchev–Trinajstić information content (AvgIpc) is 2.88. The average molecular weight is 339 g/mol. The van der Waals surface area contributed by atoms with E-state index < -0.39 is 0 Å². The summed E-state index contributed by atoms with van der Waals surface area (Å²) in [6, 6.07) is 2.13. The second-order valence-corrected chi connectivity index (χ2v) is 5.91. The first kappa shape index (κ1) is 13.9. The smallest absolute Gasteiger partial charge is 0.150 e. The molecule has 1 aliphatic rings. The zero-order valence-corrected chi connectivity index (χ0v) is 13.4. The van der Waals surface area contributed by atoms with E-state index in [2.05, 4.69) is 34.0 Å². The van der Waals surface area contributed by atoms with Crippen LogP contribution in [0.2, 0.25) is 0 Å². The molecule has 4 nitrogen and oxygen atoms in total. The number of halogens is 1. The second kappa shape index (κ2) is 5.74. The Hall–Kier alpha value is -1.07. The number of fused-ring (bicyclic) bond motifs is 1. The number of nitrogens with zero attached hydrogens (tertiary/aromatic N) is 2. The quantitative estimate of drug-likeness (QED) is 0.841. The van der Waals surface area contributed by atoms with Gasteiger partial charge in [-0.3, -0.25) is 0 Å². The highest BCUT2D eigenvalue weighted by Gasteiger charge is 2.21. The molecule has 1 aliphatic heterocycles. The van der Waals surface area contributed by atoms with Gasteiger partial charge in [0.1, 0.15) is 5.75 Å². The Bertz CT molecular complexity index is 618. The fraction of sp³-hybridized carbons (Fsp3) is 0.533. The molecule has 0 N–H and O–H groups in total. The van der Waals surface area contributed by atoms with Gasteiger partial charge in [-0.15, -0.1) is 0 Å². The van der Waals surface area contributed by atoms with Gasteiger partial charge in [0.05, 0.1) is 22.8 Å². The number of ether oxygens (including phenoxy) is 2. The van der Waals surface area contributed by atoms with Gasteiger partial charge in [0.25, 0.3) is 0 Å². The van der Waals surface area contributed by atoms with Crippen LogP contribution in [0.15, 0.2) is 16.7 Å². The summed E-state index contributed by atoms with van der Waals surface area (Å²) in [4.78, 5) is 0. The zero-order valence-electron chi connectivity index (χ0n) is 11.9. The number of aryl methyl sites for hydroxylation is 1. The van der Waals surface area contributed by atoms with Gasteiger partial charge >= 0.3 is 0 Å². The molecule has 20 heavy (non-hydrogen) atoms. The van der Waals surface area contributed by atoms with Crippen LogP contribution in [0.5, 0.6) is 5.75 Å². The molecule has 1 saturated heterocycles. The highest BCUT2D eigenvalue weighted by atomic mass is 79.9. The van der Waals surface area contributed by atoms with Crippen LogP contribution in [0.3, 0.4) is 0 Å². The summed E-state index contributed by atoms with van der Waals surface area (Å²) in [5.74, 6) is 0.907. The van der Waals surface area contributed by atoms with Crippen LogP contribution >= 0.6 is 15.9 Å². The molecule has 1 fully saturated rings. The van der Waals surface area contributed by atoms with Crippen molar-refractivity contribution >= 4 is 26.8 Å². The predicted molar refractivity (Wildman–Crippen MR) is 82.2 cm³/mol. The molecule has 3 rings (SSSR count). The number of hydrogen-bond acceptors (Lipinski definition) is 3. The van der Waals surface area contributed by atoms with Crippen LogP contribution < -0.4 is 4.74 Å². The van der Waals surface area contributed by atoms with Crippen molar-refractivity contribution in [1.82, 2.24) is 9.78 Å². The molecule has 108 valence electrons. The molecule has 0 amide bonds. The number of benzene rings is 1. The molecule has 5 heteroatoms. The minimum Gasteiger partial charge on any atom is -0.492 e. The molecule has 1 aromatic heterocycles. The Labute approximate surface area is 127 Å². The Morgan fingerprint density at radius 1 is 1.50 bits per heavy atom. The van der Waals surface area contributed by atoms with Crippen LogP contribution in [0.1, 0.15) is 38.0 Å². The summed E-state index contributed by atoms with van der Waals surface area (Å²) >= 11 is 3.65. The zero-order chi connectivity index (χ0) is 14.1. The lowest BCUT2D eigenvalue weighted by Crippen LogP contribution is -2.19. The number of aromatic nitrogens is 2. The summed E-state index contributed by atoms with van der Waals surface area (Å²) in [6.07, 6.45) is 5.32. The van der Waals surface area contributed by atoms with Gasteiger partial charge in [-0.25, -0.2) is 4.68 Å². The minimum absolute atomic E-state index is 0.0606. The number of rotatable bonds is 3. The van der Waals surface area contributed by atoms with E-state index in [4.69, 9.17) is 9.47 Å². The summed E-state index contributed by atoms with van der Waals surface area (Å²) in [7, 11) is 0. The normalized spacial score (nSPS) is 19.4. The third-order valence-electron chi connectivity index (χ3n) is 3.70. The lowest BCUT2D eigenvalue weighted by atomic mass is 10.1. The van der Waals surface area contributed by atoms with Gasteiger partial charge in [-0.1, -0.05) is 0 Å². The minimum atomic E-state index is 0.0606. The van der Waals surface area contributed by atoms with Crippen molar-refractivity contribution in [3.8, 4) is 5.75 Å². The summed E-state index contributed by atoms with van der Waals surface area (Å²) in [5.41, 5.74) is 2.22. The summed E-state index contributed by atoms with van der Waals surface area (Å²) in [5, 5.41) is 5.61. The van der Waals surface area contributed by atoms with Gasteiger partial charge in [0, 0.05) is 12.0 Å². The first-order valence-corrected chi connectivity index (χ1v) is 7.92. The molecule has 0 spiro atoms. The monoisotopic (exact) mass is 338 g/mol. The molecular formula is C15H19BrN2O2. The van der Waals surface area contributed by atoms with E-state index in [-0.39, 0.29) is 6.23 Å². The standard InChI is InChI=1S/C15H19BrN2O2/c1-3-19-15-10(2)8-12-11(14(15)16)9-17-18(12)13-6-4-5-7-20-13/h8-9,13H,3-7H2,1-2H3. The van der Waals surface area contributed by atoms with Gasteiger partial charge in [-0.2, -0.15) is 5.10 Å². The first-order valence-electron chi connectivity index (χ1n) is 7.13. The molecule has 2 heterocycles. The van der Waals surface area contributed by atoms with Gasteiger partial charge in [-0.05, 0) is 60.7 Å².